The van der Waals surface area contributed by atoms with E-state index < -0.39 is 0 Å². The molecule has 4 rings (SSSR count). The molecule has 2 aromatic rings. The van der Waals surface area contributed by atoms with Crippen LogP contribution in [0.25, 0.3) is 5.69 Å². The zero-order valence-electron chi connectivity index (χ0n) is 11.6. The molecule has 1 N–H and O–H groups in total. The van der Waals surface area contributed by atoms with Gasteiger partial charge in [0, 0.05) is 37.9 Å². The summed E-state index contributed by atoms with van der Waals surface area (Å²) in [5, 5.41) is 3.28. The van der Waals surface area contributed by atoms with Gasteiger partial charge >= 0.3 is 0 Å². The largest absolute Gasteiger partial charge is 0.311 e. The van der Waals surface area contributed by atoms with Crippen LogP contribution in [0.1, 0.15) is 32.1 Å². The summed E-state index contributed by atoms with van der Waals surface area (Å²) in [5.41, 5.74) is 4.03. The van der Waals surface area contributed by atoms with Crippen molar-refractivity contribution in [2.24, 2.45) is 0 Å². The number of nitrogens with one attached hydrogen (secondary N) is 1. The fraction of sp³-hybridized carbons (Fsp3) is 0.267. The highest BCUT2D eigenvalue weighted by atomic mass is 16.2. The first-order valence-corrected chi connectivity index (χ1v) is 6.89. The Morgan fingerprint density at radius 3 is 2.86 bits per heavy atom. The van der Waals surface area contributed by atoms with Crippen LogP contribution in [0.15, 0.2) is 24.5 Å². The van der Waals surface area contributed by atoms with Crippen LogP contribution < -0.4 is 5.32 Å². The second-order valence-electron chi connectivity index (χ2n) is 5.33. The summed E-state index contributed by atoms with van der Waals surface area (Å²) in [6.07, 6.45) is 2.68. The molecule has 0 radical (unpaired) electrons. The zero-order chi connectivity index (χ0) is 14.6. The smallest absolute Gasteiger partial charge is 0.261 e. The van der Waals surface area contributed by atoms with Gasteiger partial charge in [-0.2, -0.15) is 0 Å². The maximum absolute atomic E-state index is 12.1. The van der Waals surface area contributed by atoms with Crippen LogP contribution >= 0.6 is 0 Å². The Kier molecular flexibility index (Phi) is 2.49. The third kappa shape index (κ3) is 1.66. The van der Waals surface area contributed by atoms with Gasteiger partial charge in [-0.1, -0.05) is 0 Å². The summed E-state index contributed by atoms with van der Waals surface area (Å²) in [6.45, 7) is 1.69. The molecule has 3 heterocycles. The highest BCUT2D eigenvalue weighted by Crippen LogP contribution is 2.26. The lowest BCUT2D eigenvalue weighted by Crippen LogP contribution is -2.24. The number of nitrogens with zero attached hydrogens (tertiary/aromatic N) is 3. The van der Waals surface area contributed by atoms with Gasteiger partial charge in [0.15, 0.2) is 0 Å². The van der Waals surface area contributed by atoms with Crippen molar-refractivity contribution in [2.45, 2.75) is 13.0 Å². The zero-order valence-corrected chi connectivity index (χ0v) is 11.6. The quantitative estimate of drug-likeness (QED) is 0.784. The number of imide groups is 1. The van der Waals surface area contributed by atoms with E-state index in [9.17, 15) is 9.59 Å². The molecule has 21 heavy (non-hydrogen) atoms. The second-order valence-corrected chi connectivity index (χ2v) is 5.33. The molecule has 1 aromatic carbocycles. The number of carbonyl (C=O) groups excluding carboxylic acids is 2. The number of amides is 2. The van der Waals surface area contributed by atoms with Gasteiger partial charge in [-0.3, -0.25) is 14.5 Å². The molecular weight excluding hydrogens is 268 g/mol. The minimum atomic E-state index is -0.243. The lowest BCUT2D eigenvalue weighted by atomic mass is 10.1. The van der Waals surface area contributed by atoms with E-state index in [1.165, 1.54) is 12.7 Å². The van der Waals surface area contributed by atoms with Crippen molar-refractivity contribution in [1.29, 1.82) is 0 Å². The summed E-state index contributed by atoms with van der Waals surface area (Å²) in [5.74, 6) is -0.481. The topological polar surface area (TPSA) is 67.2 Å². The normalized spacial score (nSPS) is 17.1. The average molecular weight is 282 g/mol. The summed E-state index contributed by atoms with van der Waals surface area (Å²) < 4.78 is 2.01. The minimum absolute atomic E-state index is 0.238. The van der Waals surface area contributed by atoms with Crippen LogP contribution in [0.2, 0.25) is 0 Å². The van der Waals surface area contributed by atoms with E-state index in [1.54, 1.807) is 18.5 Å². The van der Waals surface area contributed by atoms with Crippen molar-refractivity contribution in [2.75, 3.05) is 13.6 Å². The molecule has 0 atom stereocenters. The summed E-state index contributed by atoms with van der Waals surface area (Å²) in [6, 6.07) is 5.37. The van der Waals surface area contributed by atoms with Crippen LogP contribution in [0, 0.1) is 0 Å². The number of imidazole rings is 1. The van der Waals surface area contributed by atoms with Crippen molar-refractivity contribution in [1.82, 2.24) is 19.8 Å². The number of hydrogen-bond acceptors (Lipinski definition) is 4. The Bertz CT molecular complexity index is 778. The Morgan fingerprint density at radius 2 is 2.00 bits per heavy atom. The van der Waals surface area contributed by atoms with Gasteiger partial charge in [-0.05, 0) is 18.2 Å². The maximum Gasteiger partial charge on any atom is 0.261 e. The number of rotatable bonds is 1. The first-order chi connectivity index (χ1) is 10.2. The molecule has 0 saturated heterocycles. The predicted molar refractivity (Wildman–Crippen MR) is 75.4 cm³/mol. The minimum Gasteiger partial charge on any atom is -0.311 e. The van der Waals surface area contributed by atoms with Crippen molar-refractivity contribution in [3.63, 3.8) is 0 Å². The summed E-state index contributed by atoms with van der Waals surface area (Å²) in [7, 11) is 1.51. The van der Waals surface area contributed by atoms with Crippen molar-refractivity contribution in [3.05, 3.63) is 47.0 Å². The van der Waals surface area contributed by atoms with E-state index in [-0.39, 0.29) is 11.8 Å². The second kappa shape index (κ2) is 4.26. The fourth-order valence-electron chi connectivity index (χ4n) is 2.96. The molecule has 106 valence electrons. The van der Waals surface area contributed by atoms with Gasteiger partial charge in [0.2, 0.25) is 0 Å². The lowest BCUT2D eigenvalue weighted by molar-refractivity contribution is 0.0693. The molecule has 6 heteroatoms. The Hall–Kier alpha value is -2.47. The van der Waals surface area contributed by atoms with Gasteiger partial charge < -0.3 is 9.88 Å². The lowest BCUT2D eigenvalue weighted by Gasteiger charge is -2.15. The third-order valence-electron chi connectivity index (χ3n) is 4.14. The van der Waals surface area contributed by atoms with Gasteiger partial charge in [0.05, 0.1) is 23.1 Å². The van der Waals surface area contributed by atoms with Crippen LogP contribution in [-0.2, 0) is 13.0 Å². The number of carbonyl (C=O) groups is 2. The van der Waals surface area contributed by atoms with E-state index in [0.717, 1.165) is 35.8 Å². The van der Waals surface area contributed by atoms with Crippen molar-refractivity contribution >= 4 is 11.8 Å². The van der Waals surface area contributed by atoms with E-state index >= 15 is 0 Å². The third-order valence-corrected chi connectivity index (χ3v) is 4.14. The van der Waals surface area contributed by atoms with Crippen molar-refractivity contribution < 1.29 is 9.59 Å². The number of aromatic nitrogens is 2. The van der Waals surface area contributed by atoms with Gasteiger partial charge in [0.1, 0.15) is 0 Å². The summed E-state index contributed by atoms with van der Waals surface area (Å²) >= 11 is 0. The predicted octanol–water partition coefficient (Wildman–Crippen LogP) is 0.744. The first kappa shape index (κ1) is 12.3. The molecular formula is C15H14N4O2. The maximum atomic E-state index is 12.1. The van der Waals surface area contributed by atoms with E-state index in [2.05, 4.69) is 10.3 Å². The monoisotopic (exact) mass is 282 g/mol. The highest BCUT2D eigenvalue weighted by molar-refractivity contribution is 6.21. The van der Waals surface area contributed by atoms with Gasteiger partial charge in [-0.25, -0.2) is 4.98 Å². The van der Waals surface area contributed by atoms with Crippen LogP contribution in [0.5, 0.6) is 0 Å². The van der Waals surface area contributed by atoms with Gasteiger partial charge in [0.25, 0.3) is 11.8 Å². The van der Waals surface area contributed by atoms with Crippen LogP contribution in [0.3, 0.4) is 0 Å². The standard InChI is InChI=1S/C15H14N4O2/c1-18-14(20)10-3-2-9(6-11(10)15(18)21)19-8-17-12-7-16-5-4-13(12)19/h2-3,6,8,16H,4-5,7H2,1H3. The average Bonchev–Trinajstić information content (AvgIpc) is 3.04. The molecule has 6 nitrogen and oxygen atoms in total. The van der Waals surface area contributed by atoms with E-state index in [1.807, 2.05) is 10.6 Å². The fourth-order valence-corrected chi connectivity index (χ4v) is 2.96. The molecule has 0 spiro atoms. The Balaban J connectivity index is 1.84. The Morgan fingerprint density at radius 1 is 1.19 bits per heavy atom. The molecule has 0 unspecified atom stereocenters. The number of benzene rings is 1. The molecule has 2 amide bonds. The number of fused-ring (bicyclic) bond motifs is 2. The molecule has 2 aliphatic rings. The van der Waals surface area contributed by atoms with Crippen molar-refractivity contribution in [3.8, 4) is 5.69 Å². The SMILES string of the molecule is CN1C(=O)c2ccc(-n3cnc4c3CCNC4)cc2C1=O. The molecule has 0 bridgehead atoms. The van der Waals surface area contributed by atoms with E-state index in [0.29, 0.717) is 11.1 Å². The molecule has 0 fully saturated rings. The van der Waals surface area contributed by atoms with Crippen LogP contribution in [0.4, 0.5) is 0 Å². The van der Waals surface area contributed by atoms with Crippen LogP contribution in [-0.4, -0.2) is 39.9 Å². The molecule has 0 aliphatic carbocycles. The number of hydrogen-bond donors (Lipinski definition) is 1. The molecule has 2 aliphatic heterocycles. The Labute approximate surface area is 121 Å². The van der Waals surface area contributed by atoms with Gasteiger partial charge in [-0.15, -0.1) is 0 Å². The highest BCUT2D eigenvalue weighted by Gasteiger charge is 2.33. The first-order valence-electron chi connectivity index (χ1n) is 6.89. The molecule has 0 saturated carbocycles. The summed E-state index contributed by atoms with van der Waals surface area (Å²) in [4.78, 5) is 29.6. The molecule has 1 aromatic heterocycles. The van der Waals surface area contributed by atoms with E-state index in [4.69, 9.17) is 0 Å².